The summed E-state index contributed by atoms with van der Waals surface area (Å²) in [5.74, 6) is 0.277. The van der Waals surface area contributed by atoms with Gasteiger partial charge in [0.2, 0.25) is 0 Å². The van der Waals surface area contributed by atoms with E-state index in [-0.39, 0.29) is 11.9 Å². The van der Waals surface area contributed by atoms with Gasteiger partial charge in [-0.2, -0.15) is 0 Å². The highest BCUT2D eigenvalue weighted by atomic mass is 16.3. The first-order valence-corrected chi connectivity index (χ1v) is 6.76. The number of carbonyl (C=O) groups excluding carboxylic acids is 1. The average Bonchev–Trinajstić information content (AvgIpc) is 2.43. The summed E-state index contributed by atoms with van der Waals surface area (Å²) in [6.45, 7) is 3.76. The van der Waals surface area contributed by atoms with E-state index in [2.05, 4.69) is 10.3 Å². The van der Waals surface area contributed by atoms with Crippen molar-refractivity contribution >= 4 is 6.03 Å². The molecule has 1 saturated heterocycles. The molecule has 1 aromatic heterocycles. The Bertz CT molecular complexity index is 410. The zero-order valence-electron chi connectivity index (χ0n) is 11.2. The predicted molar refractivity (Wildman–Crippen MR) is 72.7 cm³/mol. The Morgan fingerprint density at radius 1 is 1.63 bits per heavy atom. The smallest absolute Gasteiger partial charge is 0.317 e. The number of β-amino-alcohol motifs (C(OH)–C–C–N with tert-alkyl or cyclic N) is 1. The fourth-order valence-corrected chi connectivity index (χ4v) is 2.20. The van der Waals surface area contributed by atoms with Gasteiger partial charge in [-0.15, -0.1) is 0 Å². The molecule has 2 N–H and O–H groups in total. The lowest BCUT2D eigenvalue weighted by Crippen LogP contribution is -2.49. The second-order valence-corrected chi connectivity index (χ2v) is 5.12. The number of hydrogen-bond acceptors (Lipinski definition) is 3. The third-order valence-corrected chi connectivity index (χ3v) is 3.62. The van der Waals surface area contributed by atoms with Crippen molar-refractivity contribution in [1.82, 2.24) is 15.2 Å². The lowest BCUT2D eigenvalue weighted by Gasteiger charge is -2.34. The van der Waals surface area contributed by atoms with E-state index in [1.807, 2.05) is 19.1 Å². The van der Waals surface area contributed by atoms with Gasteiger partial charge >= 0.3 is 6.03 Å². The molecule has 0 aliphatic carbocycles. The van der Waals surface area contributed by atoms with Crippen LogP contribution in [0.15, 0.2) is 24.5 Å². The number of aromatic nitrogens is 1. The van der Waals surface area contributed by atoms with Gasteiger partial charge in [-0.1, -0.05) is 13.0 Å². The Kier molecular flexibility index (Phi) is 4.74. The zero-order valence-corrected chi connectivity index (χ0v) is 11.2. The molecule has 5 heteroatoms. The Labute approximate surface area is 113 Å². The van der Waals surface area contributed by atoms with Crippen LogP contribution < -0.4 is 5.32 Å². The number of rotatable bonds is 3. The lowest BCUT2D eigenvalue weighted by atomic mass is 9.96. The van der Waals surface area contributed by atoms with Gasteiger partial charge in [-0.25, -0.2) is 4.79 Å². The Morgan fingerprint density at radius 3 is 3.16 bits per heavy atom. The normalized spacial score (nSPS) is 23.2. The van der Waals surface area contributed by atoms with Crippen LogP contribution in [0.2, 0.25) is 0 Å². The summed E-state index contributed by atoms with van der Waals surface area (Å²) < 4.78 is 0. The van der Waals surface area contributed by atoms with E-state index in [9.17, 15) is 9.90 Å². The molecule has 2 heterocycles. The van der Waals surface area contributed by atoms with Gasteiger partial charge in [0, 0.05) is 32.0 Å². The first-order chi connectivity index (χ1) is 9.16. The van der Waals surface area contributed by atoms with E-state index in [1.165, 1.54) is 0 Å². The standard InChI is InChI=1S/C14H21N3O2/c1-11-5-8-17(10-13(11)18)14(19)16-7-4-12-3-2-6-15-9-12/h2-3,6,9,11,13,18H,4-5,7-8,10H2,1H3,(H,16,19). The van der Waals surface area contributed by atoms with Crippen molar-refractivity contribution in [3.63, 3.8) is 0 Å². The number of amides is 2. The largest absolute Gasteiger partial charge is 0.391 e. The maximum absolute atomic E-state index is 11.9. The molecule has 1 fully saturated rings. The summed E-state index contributed by atoms with van der Waals surface area (Å²) in [7, 11) is 0. The number of likely N-dealkylation sites (tertiary alicyclic amines) is 1. The number of hydrogen-bond donors (Lipinski definition) is 2. The number of aliphatic hydroxyl groups is 1. The molecule has 1 aliphatic rings. The molecule has 1 aromatic rings. The number of aliphatic hydroxyl groups excluding tert-OH is 1. The molecule has 2 rings (SSSR count). The molecule has 5 nitrogen and oxygen atoms in total. The maximum atomic E-state index is 11.9. The third-order valence-electron chi connectivity index (χ3n) is 3.62. The molecule has 0 spiro atoms. The van der Waals surface area contributed by atoms with Gasteiger partial charge in [0.1, 0.15) is 0 Å². The summed E-state index contributed by atoms with van der Waals surface area (Å²) >= 11 is 0. The summed E-state index contributed by atoms with van der Waals surface area (Å²) in [6, 6.07) is 3.79. The highest BCUT2D eigenvalue weighted by Crippen LogP contribution is 2.16. The average molecular weight is 263 g/mol. The Morgan fingerprint density at radius 2 is 2.47 bits per heavy atom. The zero-order chi connectivity index (χ0) is 13.7. The van der Waals surface area contributed by atoms with E-state index in [0.29, 0.717) is 13.1 Å². The molecule has 2 atom stereocenters. The van der Waals surface area contributed by atoms with Crippen LogP contribution in [0.4, 0.5) is 4.79 Å². The van der Waals surface area contributed by atoms with E-state index in [1.54, 1.807) is 17.3 Å². The Hall–Kier alpha value is -1.62. The van der Waals surface area contributed by atoms with Gasteiger partial charge in [0.05, 0.1) is 6.10 Å². The molecular formula is C14H21N3O2. The minimum atomic E-state index is -0.405. The number of piperidine rings is 1. The number of carbonyl (C=O) groups is 1. The minimum Gasteiger partial charge on any atom is -0.391 e. The topological polar surface area (TPSA) is 65.5 Å². The van der Waals surface area contributed by atoms with E-state index in [0.717, 1.165) is 24.9 Å². The van der Waals surface area contributed by atoms with Crippen LogP contribution in [0.1, 0.15) is 18.9 Å². The van der Waals surface area contributed by atoms with Crippen LogP contribution >= 0.6 is 0 Å². The van der Waals surface area contributed by atoms with Crippen LogP contribution in [0.3, 0.4) is 0 Å². The van der Waals surface area contributed by atoms with Gasteiger partial charge in [-0.3, -0.25) is 4.98 Å². The van der Waals surface area contributed by atoms with Crippen LogP contribution in [0, 0.1) is 5.92 Å². The second-order valence-electron chi connectivity index (χ2n) is 5.12. The molecule has 0 aromatic carbocycles. The number of nitrogens with one attached hydrogen (secondary N) is 1. The number of pyridine rings is 1. The molecule has 1 aliphatic heterocycles. The molecule has 104 valence electrons. The highest BCUT2D eigenvalue weighted by molar-refractivity contribution is 5.74. The Balaban J connectivity index is 1.73. The quantitative estimate of drug-likeness (QED) is 0.856. The van der Waals surface area contributed by atoms with Crippen molar-refractivity contribution < 1.29 is 9.90 Å². The van der Waals surface area contributed by atoms with Crippen molar-refractivity contribution in [1.29, 1.82) is 0 Å². The summed E-state index contributed by atoms with van der Waals surface area (Å²) in [5, 5.41) is 12.7. The van der Waals surface area contributed by atoms with Crippen molar-refractivity contribution in [3.05, 3.63) is 30.1 Å². The fourth-order valence-electron chi connectivity index (χ4n) is 2.20. The van der Waals surface area contributed by atoms with Crippen molar-refractivity contribution in [2.75, 3.05) is 19.6 Å². The van der Waals surface area contributed by atoms with E-state index < -0.39 is 6.10 Å². The molecule has 0 radical (unpaired) electrons. The summed E-state index contributed by atoms with van der Waals surface area (Å²) in [5.41, 5.74) is 1.11. The molecule has 0 bridgehead atoms. The minimum absolute atomic E-state index is 0.0881. The molecule has 2 amide bonds. The lowest BCUT2D eigenvalue weighted by molar-refractivity contribution is 0.0436. The molecule has 2 unspecified atom stereocenters. The van der Waals surface area contributed by atoms with Gasteiger partial charge < -0.3 is 15.3 Å². The molecule has 0 saturated carbocycles. The summed E-state index contributed by atoms with van der Waals surface area (Å²) in [6.07, 6.45) is 4.76. The van der Waals surface area contributed by atoms with Crippen LogP contribution in [0.5, 0.6) is 0 Å². The monoisotopic (exact) mass is 263 g/mol. The van der Waals surface area contributed by atoms with Gasteiger partial charge in [0.25, 0.3) is 0 Å². The maximum Gasteiger partial charge on any atom is 0.317 e. The first-order valence-electron chi connectivity index (χ1n) is 6.76. The third kappa shape index (κ3) is 3.92. The van der Waals surface area contributed by atoms with Gasteiger partial charge in [-0.05, 0) is 30.4 Å². The van der Waals surface area contributed by atoms with E-state index >= 15 is 0 Å². The highest BCUT2D eigenvalue weighted by Gasteiger charge is 2.26. The molecule has 19 heavy (non-hydrogen) atoms. The summed E-state index contributed by atoms with van der Waals surface area (Å²) in [4.78, 5) is 17.7. The van der Waals surface area contributed by atoms with Crippen molar-refractivity contribution in [2.45, 2.75) is 25.9 Å². The number of nitrogens with zero attached hydrogens (tertiary/aromatic N) is 2. The number of urea groups is 1. The van der Waals surface area contributed by atoms with Crippen LogP contribution in [-0.4, -0.2) is 46.8 Å². The van der Waals surface area contributed by atoms with Gasteiger partial charge in [0.15, 0.2) is 0 Å². The SMILES string of the molecule is CC1CCN(C(=O)NCCc2cccnc2)CC1O. The van der Waals surface area contributed by atoms with Crippen LogP contribution in [0.25, 0.3) is 0 Å². The fraction of sp³-hybridized carbons (Fsp3) is 0.571. The first kappa shape index (κ1) is 13.8. The van der Waals surface area contributed by atoms with Crippen molar-refractivity contribution in [2.24, 2.45) is 5.92 Å². The van der Waals surface area contributed by atoms with Crippen LogP contribution in [-0.2, 0) is 6.42 Å². The molecular weight excluding hydrogens is 242 g/mol. The van der Waals surface area contributed by atoms with E-state index in [4.69, 9.17) is 0 Å². The predicted octanol–water partition coefficient (Wildman–Crippen LogP) is 1.04. The van der Waals surface area contributed by atoms with Crippen molar-refractivity contribution in [3.8, 4) is 0 Å². The second kappa shape index (κ2) is 6.52.